The minimum atomic E-state index is -1.01. The topological polar surface area (TPSA) is 73.7 Å². The van der Waals surface area contributed by atoms with E-state index in [1.165, 1.54) is 18.2 Å². The van der Waals surface area contributed by atoms with E-state index in [-0.39, 0.29) is 5.56 Å². The first-order valence-corrected chi connectivity index (χ1v) is 8.03. The van der Waals surface area contributed by atoms with Gasteiger partial charge in [0.1, 0.15) is 11.9 Å². The van der Waals surface area contributed by atoms with Gasteiger partial charge in [0.15, 0.2) is 0 Å². The molecule has 0 radical (unpaired) electrons. The molecule has 1 heterocycles. The molecule has 1 atom stereocenters. The number of hydrogen-bond acceptors (Lipinski definition) is 5. The van der Waals surface area contributed by atoms with Gasteiger partial charge >= 0.3 is 5.97 Å². The van der Waals surface area contributed by atoms with Crippen molar-refractivity contribution in [1.29, 1.82) is 0 Å². The van der Waals surface area contributed by atoms with E-state index >= 15 is 0 Å². The van der Waals surface area contributed by atoms with Crippen molar-refractivity contribution in [3.8, 4) is 0 Å². The van der Waals surface area contributed by atoms with Crippen molar-refractivity contribution in [2.45, 2.75) is 26.0 Å². The van der Waals surface area contributed by atoms with Crippen molar-refractivity contribution in [1.82, 2.24) is 9.88 Å². The molecule has 0 fully saturated rings. The maximum atomic E-state index is 13.5. The van der Waals surface area contributed by atoms with E-state index in [1.807, 2.05) is 6.92 Å². The number of carboxylic acid groups (broad SMARTS) is 1. The summed E-state index contributed by atoms with van der Waals surface area (Å²) in [5, 5.41) is 18.7. The molecular formula is C16H19FN2O3S. The molecule has 0 bridgehead atoms. The summed E-state index contributed by atoms with van der Waals surface area (Å²) in [4.78, 5) is 18.7. The lowest BCUT2D eigenvalue weighted by Crippen LogP contribution is -2.32. The Hall–Kier alpha value is -1.83. The number of hydrogen-bond donors (Lipinski definition) is 2. The van der Waals surface area contributed by atoms with Crippen LogP contribution in [0.25, 0.3) is 0 Å². The van der Waals surface area contributed by atoms with Crippen molar-refractivity contribution in [2.24, 2.45) is 0 Å². The molecule has 0 spiro atoms. The maximum Gasteiger partial charge on any atom is 0.325 e. The van der Waals surface area contributed by atoms with Gasteiger partial charge in [0, 0.05) is 17.0 Å². The number of aryl methyl sites for hydroxylation is 1. The monoisotopic (exact) mass is 338 g/mol. The van der Waals surface area contributed by atoms with Crippen LogP contribution in [0, 0.1) is 12.7 Å². The molecule has 1 aromatic carbocycles. The minimum Gasteiger partial charge on any atom is -0.480 e. The summed E-state index contributed by atoms with van der Waals surface area (Å²) in [5.74, 6) is -1.55. The van der Waals surface area contributed by atoms with Gasteiger partial charge in [0.05, 0.1) is 17.8 Å². The number of rotatable bonds is 7. The van der Waals surface area contributed by atoms with Gasteiger partial charge in [0.25, 0.3) is 0 Å². The predicted octanol–water partition coefficient (Wildman–Crippen LogP) is 2.38. The van der Waals surface area contributed by atoms with Crippen LogP contribution in [-0.4, -0.2) is 39.7 Å². The minimum absolute atomic E-state index is 0.0976. The number of benzene rings is 1. The highest BCUT2D eigenvalue weighted by atomic mass is 32.1. The number of halogens is 1. The summed E-state index contributed by atoms with van der Waals surface area (Å²) in [6.07, 6.45) is 0.699. The van der Waals surface area contributed by atoms with Crippen LogP contribution in [-0.2, 0) is 17.8 Å². The molecule has 0 aliphatic rings. The number of carboxylic acids is 1. The highest BCUT2D eigenvalue weighted by molar-refractivity contribution is 7.09. The Morgan fingerprint density at radius 1 is 1.48 bits per heavy atom. The van der Waals surface area contributed by atoms with Gasteiger partial charge in [-0.25, -0.2) is 9.37 Å². The van der Waals surface area contributed by atoms with Crippen LogP contribution in [0.15, 0.2) is 23.7 Å². The van der Waals surface area contributed by atoms with Crippen LogP contribution >= 0.6 is 11.3 Å². The zero-order chi connectivity index (χ0) is 17.0. The summed E-state index contributed by atoms with van der Waals surface area (Å²) >= 11 is 1.55. The second-order valence-corrected chi connectivity index (χ2v) is 6.28. The average Bonchev–Trinajstić information content (AvgIpc) is 2.92. The molecule has 2 N–H and O–H groups in total. The van der Waals surface area contributed by atoms with Crippen LogP contribution < -0.4 is 0 Å². The lowest BCUT2D eigenvalue weighted by molar-refractivity contribution is -0.143. The first-order valence-electron chi connectivity index (χ1n) is 7.15. The molecule has 7 heteroatoms. The summed E-state index contributed by atoms with van der Waals surface area (Å²) < 4.78 is 13.5. The molecule has 0 saturated heterocycles. The van der Waals surface area contributed by atoms with Crippen LogP contribution in [0.2, 0.25) is 0 Å². The average molecular weight is 338 g/mol. The Balaban J connectivity index is 2.17. The number of nitrogens with zero attached hydrogens (tertiary/aromatic N) is 2. The largest absolute Gasteiger partial charge is 0.480 e. The van der Waals surface area contributed by atoms with Crippen molar-refractivity contribution in [2.75, 3.05) is 13.6 Å². The smallest absolute Gasteiger partial charge is 0.325 e. The SMILES string of the molecule is Cc1ncsc1CCN(C)[C@H](C(=O)O)c1ccc(F)c(CO)c1. The van der Waals surface area contributed by atoms with E-state index in [4.69, 9.17) is 5.11 Å². The lowest BCUT2D eigenvalue weighted by Gasteiger charge is -2.25. The second-order valence-electron chi connectivity index (χ2n) is 5.34. The van der Waals surface area contributed by atoms with E-state index < -0.39 is 24.4 Å². The number of thiazole rings is 1. The summed E-state index contributed by atoms with van der Waals surface area (Å²) in [6.45, 7) is 2.00. The van der Waals surface area contributed by atoms with E-state index in [2.05, 4.69) is 4.98 Å². The molecule has 2 rings (SSSR count). The van der Waals surface area contributed by atoms with Crippen LogP contribution in [0.5, 0.6) is 0 Å². The van der Waals surface area contributed by atoms with E-state index in [1.54, 1.807) is 28.8 Å². The number of likely N-dealkylation sites (N-methyl/N-ethyl adjacent to an activating group) is 1. The van der Waals surface area contributed by atoms with Crippen molar-refractivity contribution in [3.05, 3.63) is 51.2 Å². The molecule has 1 aromatic heterocycles. The molecule has 0 unspecified atom stereocenters. The third kappa shape index (κ3) is 4.13. The van der Waals surface area contributed by atoms with Crippen LogP contribution in [0.4, 0.5) is 4.39 Å². The molecular weight excluding hydrogens is 319 g/mol. The van der Waals surface area contributed by atoms with E-state index in [0.29, 0.717) is 18.5 Å². The third-order valence-electron chi connectivity index (χ3n) is 3.77. The summed E-state index contributed by atoms with van der Waals surface area (Å²) in [5.41, 5.74) is 3.28. The Morgan fingerprint density at radius 3 is 2.78 bits per heavy atom. The molecule has 23 heavy (non-hydrogen) atoms. The Labute approximate surface area is 138 Å². The van der Waals surface area contributed by atoms with Crippen molar-refractivity contribution < 1.29 is 19.4 Å². The van der Waals surface area contributed by atoms with Crippen molar-refractivity contribution in [3.63, 3.8) is 0 Å². The quantitative estimate of drug-likeness (QED) is 0.811. The highest BCUT2D eigenvalue weighted by Gasteiger charge is 2.25. The molecule has 0 amide bonds. The standard InChI is InChI=1S/C16H19FN2O3S/c1-10-14(23-9-18-10)5-6-19(2)15(16(21)22)11-3-4-13(17)12(7-11)8-20/h3-4,7,9,15,20H,5-6,8H2,1-2H3,(H,21,22)/t15-/m0/s1. The molecule has 2 aromatic rings. The predicted molar refractivity (Wildman–Crippen MR) is 85.9 cm³/mol. The van der Waals surface area contributed by atoms with Gasteiger partial charge in [-0.1, -0.05) is 6.07 Å². The molecule has 0 aliphatic carbocycles. The zero-order valence-electron chi connectivity index (χ0n) is 13.0. The Morgan fingerprint density at radius 2 is 2.22 bits per heavy atom. The fraction of sp³-hybridized carbons (Fsp3) is 0.375. The van der Waals surface area contributed by atoms with Crippen molar-refractivity contribution >= 4 is 17.3 Å². The first-order chi connectivity index (χ1) is 10.9. The molecule has 0 aliphatic heterocycles. The van der Waals surface area contributed by atoms with Gasteiger partial charge in [-0.3, -0.25) is 9.69 Å². The van der Waals surface area contributed by atoms with Crippen LogP contribution in [0.3, 0.4) is 0 Å². The number of aliphatic hydroxyl groups is 1. The first kappa shape index (κ1) is 17.5. The van der Waals surface area contributed by atoms with Gasteiger partial charge in [-0.05, 0) is 38.1 Å². The van der Waals surface area contributed by atoms with Gasteiger partial charge in [-0.15, -0.1) is 11.3 Å². The lowest BCUT2D eigenvalue weighted by atomic mass is 10.0. The fourth-order valence-corrected chi connectivity index (χ4v) is 3.22. The second kappa shape index (κ2) is 7.63. The Bertz CT molecular complexity index is 690. The highest BCUT2D eigenvalue weighted by Crippen LogP contribution is 2.23. The van der Waals surface area contributed by atoms with Gasteiger partial charge in [0.2, 0.25) is 0 Å². The summed E-state index contributed by atoms with van der Waals surface area (Å²) in [7, 11) is 1.72. The molecule has 5 nitrogen and oxygen atoms in total. The number of aliphatic hydroxyl groups excluding tert-OH is 1. The van der Waals surface area contributed by atoms with E-state index in [9.17, 15) is 14.3 Å². The fourth-order valence-electron chi connectivity index (χ4n) is 2.44. The Kier molecular flexibility index (Phi) is 5.81. The maximum absolute atomic E-state index is 13.5. The van der Waals surface area contributed by atoms with Gasteiger partial charge < -0.3 is 10.2 Å². The molecule has 124 valence electrons. The van der Waals surface area contributed by atoms with Gasteiger partial charge in [-0.2, -0.15) is 0 Å². The third-order valence-corrected chi connectivity index (χ3v) is 4.76. The number of aliphatic carboxylic acids is 1. The number of aromatic nitrogens is 1. The number of carbonyl (C=O) groups is 1. The zero-order valence-corrected chi connectivity index (χ0v) is 13.8. The van der Waals surface area contributed by atoms with E-state index in [0.717, 1.165) is 10.6 Å². The summed E-state index contributed by atoms with van der Waals surface area (Å²) in [6, 6.07) is 3.15. The molecule has 0 saturated carbocycles. The van der Waals surface area contributed by atoms with Crippen LogP contribution in [0.1, 0.15) is 27.7 Å². The normalized spacial score (nSPS) is 12.6.